The molecule has 0 spiro atoms. The van der Waals surface area contributed by atoms with Crippen LogP contribution in [0.5, 0.6) is 0 Å². The van der Waals surface area contributed by atoms with E-state index >= 15 is 0 Å². The summed E-state index contributed by atoms with van der Waals surface area (Å²) in [5, 5.41) is 3.65. The van der Waals surface area contributed by atoms with Gasteiger partial charge in [0.15, 0.2) is 0 Å². The normalized spacial score (nSPS) is 37.1. The monoisotopic (exact) mass is 196 g/mol. The van der Waals surface area contributed by atoms with Crippen LogP contribution in [0.2, 0.25) is 0 Å². The lowest BCUT2D eigenvalue weighted by Gasteiger charge is -2.27. The molecule has 0 heterocycles. The van der Waals surface area contributed by atoms with E-state index in [1.807, 2.05) is 0 Å². The summed E-state index contributed by atoms with van der Waals surface area (Å²) in [6.45, 7) is 5.56. The Labute approximate surface area is 87.6 Å². The molecular formula is C12H24N2. The minimum Gasteiger partial charge on any atom is -0.324 e. The van der Waals surface area contributed by atoms with Gasteiger partial charge in [0.2, 0.25) is 0 Å². The third kappa shape index (κ3) is 2.48. The Morgan fingerprint density at radius 1 is 1.29 bits per heavy atom. The van der Waals surface area contributed by atoms with Crippen molar-refractivity contribution in [1.29, 1.82) is 0 Å². The fraction of sp³-hybridized carbons (Fsp3) is 1.00. The third-order valence-corrected chi connectivity index (χ3v) is 3.98. The van der Waals surface area contributed by atoms with E-state index in [2.05, 4.69) is 19.2 Å². The highest BCUT2D eigenvalue weighted by molar-refractivity contribution is 4.97. The van der Waals surface area contributed by atoms with Crippen LogP contribution in [0, 0.1) is 11.8 Å². The van der Waals surface area contributed by atoms with Gasteiger partial charge in [0.25, 0.3) is 0 Å². The highest BCUT2D eigenvalue weighted by Crippen LogP contribution is 2.38. The van der Waals surface area contributed by atoms with Crippen LogP contribution in [0.25, 0.3) is 0 Å². The van der Waals surface area contributed by atoms with Crippen molar-refractivity contribution >= 4 is 0 Å². The molecule has 0 radical (unpaired) electrons. The molecule has 0 aliphatic heterocycles. The molecule has 2 fully saturated rings. The smallest absolute Gasteiger partial charge is 0.0280 e. The highest BCUT2D eigenvalue weighted by Gasteiger charge is 2.38. The van der Waals surface area contributed by atoms with Crippen LogP contribution in [-0.2, 0) is 0 Å². The molecule has 3 atom stereocenters. The van der Waals surface area contributed by atoms with Gasteiger partial charge in [0, 0.05) is 18.1 Å². The van der Waals surface area contributed by atoms with Crippen LogP contribution in [-0.4, -0.2) is 18.1 Å². The molecule has 0 saturated heterocycles. The fourth-order valence-electron chi connectivity index (χ4n) is 2.64. The van der Waals surface area contributed by atoms with Crippen LogP contribution < -0.4 is 11.1 Å². The zero-order chi connectivity index (χ0) is 10.2. The highest BCUT2D eigenvalue weighted by atomic mass is 15.0. The maximum atomic E-state index is 6.27. The van der Waals surface area contributed by atoms with Gasteiger partial charge in [-0.25, -0.2) is 0 Å². The number of hydrogen-bond acceptors (Lipinski definition) is 2. The molecule has 0 bridgehead atoms. The van der Waals surface area contributed by atoms with Gasteiger partial charge < -0.3 is 11.1 Å². The van der Waals surface area contributed by atoms with Gasteiger partial charge in [-0.3, -0.25) is 0 Å². The lowest BCUT2D eigenvalue weighted by atomic mass is 9.97. The molecular weight excluding hydrogens is 172 g/mol. The molecule has 2 saturated carbocycles. The Balaban J connectivity index is 1.71. The largest absolute Gasteiger partial charge is 0.324 e. The Kier molecular flexibility index (Phi) is 2.85. The summed E-state index contributed by atoms with van der Waals surface area (Å²) in [4.78, 5) is 0. The molecule has 2 rings (SSSR count). The molecule has 3 unspecified atom stereocenters. The van der Waals surface area contributed by atoms with Crippen LogP contribution in [0.15, 0.2) is 0 Å². The predicted molar refractivity (Wildman–Crippen MR) is 60.1 cm³/mol. The van der Waals surface area contributed by atoms with E-state index in [0.717, 1.165) is 24.4 Å². The summed E-state index contributed by atoms with van der Waals surface area (Å²) in [5.74, 6) is 1.70. The van der Waals surface area contributed by atoms with Crippen LogP contribution in [0.4, 0.5) is 0 Å². The summed E-state index contributed by atoms with van der Waals surface area (Å²) in [6, 6.07) is 0.742. The van der Waals surface area contributed by atoms with Crippen molar-refractivity contribution in [3.8, 4) is 0 Å². The van der Waals surface area contributed by atoms with Gasteiger partial charge in [-0.2, -0.15) is 0 Å². The standard InChI is InChI=1S/C12H24N2/c1-9-3-6-11(7-9)14-8-12(2,13)10-4-5-10/h9-11,14H,3-8,13H2,1-2H3. The Bertz CT molecular complexity index is 196. The molecule has 0 aromatic heterocycles. The minimum atomic E-state index is 0.0474. The van der Waals surface area contributed by atoms with E-state index < -0.39 is 0 Å². The number of hydrogen-bond donors (Lipinski definition) is 2. The first kappa shape index (κ1) is 10.4. The van der Waals surface area contributed by atoms with Crippen LogP contribution >= 0.6 is 0 Å². The lowest BCUT2D eigenvalue weighted by Crippen LogP contribution is -2.50. The van der Waals surface area contributed by atoms with Crippen molar-refractivity contribution < 1.29 is 0 Å². The summed E-state index contributed by atoms with van der Waals surface area (Å²) < 4.78 is 0. The van der Waals surface area contributed by atoms with Crippen molar-refractivity contribution in [1.82, 2.24) is 5.32 Å². The van der Waals surface area contributed by atoms with Crippen molar-refractivity contribution in [2.75, 3.05) is 6.54 Å². The quantitative estimate of drug-likeness (QED) is 0.720. The van der Waals surface area contributed by atoms with Gasteiger partial charge in [-0.05, 0) is 50.9 Å². The van der Waals surface area contributed by atoms with Crippen LogP contribution in [0.3, 0.4) is 0 Å². The first-order chi connectivity index (χ1) is 6.58. The van der Waals surface area contributed by atoms with Crippen molar-refractivity contribution in [2.45, 2.75) is 57.5 Å². The average molecular weight is 196 g/mol. The van der Waals surface area contributed by atoms with Crippen LogP contribution in [0.1, 0.15) is 46.0 Å². The minimum absolute atomic E-state index is 0.0474. The van der Waals surface area contributed by atoms with E-state index in [-0.39, 0.29) is 5.54 Å². The van der Waals surface area contributed by atoms with E-state index in [1.165, 1.54) is 32.1 Å². The molecule has 2 aliphatic rings. The molecule has 3 N–H and O–H groups in total. The molecule has 14 heavy (non-hydrogen) atoms. The number of rotatable bonds is 4. The average Bonchev–Trinajstić information content (AvgIpc) is 2.89. The first-order valence-corrected chi connectivity index (χ1v) is 6.10. The van der Waals surface area contributed by atoms with E-state index in [9.17, 15) is 0 Å². The van der Waals surface area contributed by atoms with E-state index in [0.29, 0.717) is 0 Å². The van der Waals surface area contributed by atoms with Crippen molar-refractivity contribution in [2.24, 2.45) is 17.6 Å². The van der Waals surface area contributed by atoms with Gasteiger partial charge in [0.05, 0.1) is 0 Å². The van der Waals surface area contributed by atoms with E-state index in [4.69, 9.17) is 5.73 Å². The molecule has 2 heteroatoms. The summed E-state index contributed by atoms with van der Waals surface area (Å²) in [6.07, 6.45) is 6.77. The van der Waals surface area contributed by atoms with Gasteiger partial charge in [-0.1, -0.05) is 6.92 Å². The molecule has 0 aromatic rings. The molecule has 0 aromatic carbocycles. The Hall–Kier alpha value is -0.0800. The molecule has 2 aliphatic carbocycles. The zero-order valence-corrected chi connectivity index (χ0v) is 9.55. The number of nitrogens with one attached hydrogen (secondary N) is 1. The topological polar surface area (TPSA) is 38.0 Å². The molecule has 0 amide bonds. The van der Waals surface area contributed by atoms with Gasteiger partial charge >= 0.3 is 0 Å². The lowest BCUT2D eigenvalue weighted by molar-refractivity contribution is 0.353. The second-order valence-corrected chi connectivity index (χ2v) is 5.78. The summed E-state index contributed by atoms with van der Waals surface area (Å²) in [7, 11) is 0. The maximum absolute atomic E-state index is 6.27. The van der Waals surface area contributed by atoms with Crippen molar-refractivity contribution in [3.63, 3.8) is 0 Å². The Morgan fingerprint density at radius 3 is 2.50 bits per heavy atom. The zero-order valence-electron chi connectivity index (χ0n) is 9.55. The summed E-state index contributed by atoms with van der Waals surface area (Å²) >= 11 is 0. The second kappa shape index (κ2) is 3.82. The van der Waals surface area contributed by atoms with Gasteiger partial charge in [0.1, 0.15) is 0 Å². The fourth-order valence-corrected chi connectivity index (χ4v) is 2.64. The first-order valence-electron chi connectivity index (χ1n) is 6.10. The predicted octanol–water partition coefficient (Wildman–Crippen LogP) is 1.89. The van der Waals surface area contributed by atoms with Gasteiger partial charge in [-0.15, -0.1) is 0 Å². The molecule has 2 nitrogen and oxygen atoms in total. The van der Waals surface area contributed by atoms with E-state index in [1.54, 1.807) is 0 Å². The third-order valence-electron chi connectivity index (χ3n) is 3.98. The summed E-state index contributed by atoms with van der Waals surface area (Å²) in [5.41, 5.74) is 6.32. The maximum Gasteiger partial charge on any atom is 0.0280 e. The second-order valence-electron chi connectivity index (χ2n) is 5.78. The van der Waals surface area contributed by atoms with Crippen molar-refractivity contribution in [3.05, 3.63) is 0 Å². The number of nitrogens with two attached hydrogens (primary N) is 1. The SMILES string of the molecule is CC1CCC(NCC(C)(N)C2CC2)C1. The Morgan fingerprint density at radius 2 is 2.00 bits per heavy atom. The molecule has 82 valence electrons.